The number of hydrogen-bond acceptors (Lipinski definition) is 3. The number of methoxy groups -OCH3 is 1. The summed E-state index contributed by atoms with van der Waals surface area (Å²) in [6.07, 6.45) is 2.44. The molecule has 3 unspecified atom stereocenters. The Bertz CT molecular complexity index is 642. The highest BCUT2D eigenvalue weighted by Gasteiger charge is 2.53. The number of nitrogens with zero attached hydrogens (tertiary/aromatic N) is 1. The van der Waals surface area contributed by atoms with E-state index in [1.54, 1.807) is 14.2 Å². The van der Waals surface area contributed by atoms with Crippen molar-refractivity contribution in [2.45, 2.75) is 43.7 Å². The van der Waals surface area contributed by atoms with E-state index in [2.05, 4.69) is 40.0 Å². The Hall–Kier alpha value is -1.51. The van der Waals surface area contributed by atoms with Crippen molar-refractivity contribution >= 4 is 35.8 Å². The first kappa shape index (κ1) is 19.8. The zero-order chi connectivity index (χ0) is 17.2. The second-order valence-corrected chi connectivity index (χ2v) is 6.78. The third-order valence-corrected chi connectivity index (χ3v) is 5.10. The van der Waals surface area contributed by atoms with Crippen LogP contribution in [0.4, 0.5) is 0 Å². The van der Waals surface area contributed by atoms with Crippen LogP contribution in [0.5, 0.6) is 5.75 Å². The summed E-state index contributed by atoms with van der Waals surface area (Å²) < 4.78 is 5.51. The Kier molecular flexibility index (Phi) is 6.53. The van der Waals surface area contributed by atoms with E-state index in [0.717, 1.165) is 24.6 Å². The van der Waals surface area contributed by atoms with Gasteiger partial charge in [-0.1, -0.05) is 25.1 Å². The van der Waals surface area contributed by atoms with E-state index in [4.69, 9.17) is 4.74 Å². The maximum Gasteiger partial charge on any atom is 0.220 e. The second kappa shape index (κ2) is 8.25. The Morgan fingerprint density at radius 3 is 2.76 bits per heavy atom. The third-order valence-electron chi connectivity index (χ3n) is 5.10. The number of benzene rings is 1. The summed E-state index contributed by atoms with van der Waals surface area (Å²) in [5, 5.41) is 9.81. The zero-order valence-corrected chi connectivity index (χ0v) is 17.3. The third kappa shape index (κ3) is 4.37. The number of halogens is 1. The fourth-order valence-electron chi connectivity index (χ4n) is 3.37. The van der Waals surface area contributed by atoms with Gasteiger partial charge in [0.15, 0.2) is 5.96 Å². The molecule has 7 heteroatoms. The number of carbonyl (C=O) groups excluding carboxylic acids is 1. The number of nitrogens with one attached hydrogen (secondary N) is 3. The van der Waals surface area contributed by atoms with Gasteiger partial charge in [0, 0.05) is 43.1 Å². The topological polar surface area (TPSA) is 74.8 Å². The van der Waals surface area contributed by atoms with Crippen LogP contribution in [0.25, 0.3) is 0 Å². The van der Waals surface area contributed by atoms with Gasteiger partial charge in [0.1, 0.15) is 5.75 Å². The van der Waals surface area contributed by atoms with Crippen LogP contribution in [0.1, 0.15) is 31.7 Å². The van der Waals surface area contributed by atoms with Crippen LogP contribution < -0.4 is 20.7 Å². The van der Waals surface area contributed by atoms with Gasteiger partial charge in [-0.2, -0.15) is 0 Å². The summed E-state index contributed by atoms with van der Waals surface area (Å²) in [4.78, 5) is 15.6. The molecule has 2 aliphatic rings. The molecule has 0 spiro atoms. The highest BCUT2D eigenvalue weighted by atomic mass is 127. The molecule has 138 valence electrons. The quantitative estimate of drug-likeness (QED) is 0.366. The first-order valence-corrected chi connectivity index (χ1v) is 8.47. The molecule has 3 atom stereocenters. The Morgan fingerprint density at radius 1 is 1.36 bits per heavy atom. The molecule has 1 aromatic carbocycles. The van der Waals surface area contributed by atoms with Crippen LogP contribution >= 0.6 is 24.0 Å². The van der Waals surface area contributed by atoms with Crippen LogP contribution in [0.2, 0.25) is 0 Å². The second-order valence-electron chi connectivity index (χ2n) is 6.78. The molecule has 1 amide bonds. The molecule has 3 rings (SSSR count). The average molecular weight is 458 g/mol. The van der Waals surface area contributed by atoms with Crippen molar-refractivity contribution in [1.29, 1.82) is 0 Å². The summed E-state index contributed by atoms with van der Waals surface area (Å²) in [6, 6.07) is 8.73. The lowest BCUT2D eigenvalue weighted by Gasteiger charge is -2.26. The van der Waals surface area contributed by atoms with Crippen molar-refractivity contribution in [2.24, 2.45) is 4.99 Å². The maximum absolute atomic E-state index is 11.3. The predicted octanol–water partition coefficient (Wildman–Crippen LogP) is 1.79. The van der Waals surface area contributed by atoms with Crippen LogP contribution in [-0.2, 0) is 10.2 Å². The highest BCUT2D eigenvalue weighted by molar-refractivity contribution is 14.0. The summed E-state index contributed by atoms with van der Waals surface area (Å²) in [5.74, 6) is 1.85. The number of aliphatic imine (C=N–C) groups is 1. The molecule has 1 aliphatic heterocycles. The lowest BCUT2D eigenvalue weighted by atomic mass is 9.96. The van der Waals surface area contributed by atoms with Gasteiger partial charge in [-0.15, -0.1) is 24.0 Å². The van der Waals surface area contributed by atoms with Gasteiger partial charge in [0.05, 0.1) is 7.11 Å². The van der Waals surface area contributed by atoms with E-state index in [1.807, 2.05) is 12.1 Å². The van der Waals surface area contributed by atoms with E-state index in [-0.39, 0.29) is 41.3 Å². The van der Waals surface area contributed by atoms with Gasteiger partial charge in [-0.05, 0) is 18.9 Å². The minimum absolute atomic E-state index is 0. The standard InChI is InChI=1S/C18H26N4O2.HI/c1-18(13-6-4-5-7-14(13)24-3)10-15(18)22-17(19-2)21-12-8-9-16(23)20-11-12;/h4-7,12,15H,8-11H2,1-3H3,(H,20,23)(H2,19,21,22);1H. The molecule has 3 N–H and O–H groups in total. The van der Waals surface area contributed by atoms with E-state index in [1.165, 1.54) is 5.56 Å². The smallest absolute Gasteiger partial charge is 0.220 e. The first-order valence-electron chi connectivity index (χ1n) is 8.47. The number of ether oxygens (including phenoxy) is 1. The highest BCUT2D eigenvalue weighted by Crippen LogP contribution is 2.50. The molecule has 1 saturated carbocycles. The molecular formula is C18H27IN4O2. The lowest BCUT2D eigenvalue weighted by molar-refractivity contribution is -0.122. The van der Waals surface area contributed by atoms with Crippen molar-refractivity contribution in [3.05, 3.63) is 29.8 Å². The van der Waals surface area contributed by atoms with Gasteiger partial charge >= 0.3 is 0 Å². The van der Waals surface area contributed by atoms with Crippen molar-refractivity contribution in [3.8, 4) is 5.75 Å². The minimum atomic E-state index is 0. The largest absolute Gasteiger partial charge is 0.496 e. The van der Waals surface area contributed by atoms with Crippen LogP contribution in [0, 0.1) is 0 Å². The van der Waals surface area contributed by atoms with Gasteiger partial charge in [0.2, 0.25) is 5.91 Å². The molecule has 0 radical (unpaired) electrons. The number of para-hydroxylation sites is 1. The number of rotatable bonds is 4. The minimum Gasteiger partial charge on any atom is -0.496 e. The monoisotopic (exact) mass is 458 g/mol. The SMILES string of the molecule is CN=C(NC1CCC(=O)NC1)NC1CC1(C)c1ccccc1OC.I. The molecule has 1 saturated heterocycles. The molecule has 6 nitrogen and oxygen atoms in total. The predicted molar refractivity (Wildman–Crippen MR) is 110 cm³/mol. The van der Waals surface area contributed by atoms with Crippen molar-refractivity contribution in [1.82, 2.24) is 16.0 Å². The first-order chi connectivity index (χ1) is 11.6. The van der Waals surface area contributed by atoms with Crippen LogP contribution in [0.15, 0.2) is 29.3 Å². The normalized spacial score (nSPS) is 28.4. The number of piperidine rings is 1. The molecule has 25 heavy (non-hydrogen) atoms. The molecule has 2 fully saturated rings. The van der Waals surface area contributed by atoms with E-state index >= 15 is 0 Å². The van der Waals surface area contributed by atoms with Crippen molar-refractivity contribution in [3.63, 3.8) is 0 Å². The van der Waals surface area contributed by atoms with Gasteiger partial charge < -0.3 is 20.7 Å². The Morgan fingerprint density at radius 2 is 2.12 bits per heavy atom. The summed E-state index contributed by atoms with van der Waals surface area (Å²) in [5.41, 5.74) is 1.27. The number of carbonyl (C=O) groups is 1. The zero-order valence-electron chi connectivity index (χ0n) is 15.0. The maximum atomic E-state index is 11.3. The van der Waals surface area contributed by atoms with E-state index in [0.29, 0.717) is 19.0 Å². The Labute approximate surface area is 166 Å². The molecular weight excluding hydrogens is 431 g/mol. The number of hydrogen-bond donors (Lipinski definition) is 3. The van der Waals surface area contributed by atoms with Crippen molar-refractivity contribution < 1.29 is 9.53 Å². The molecule has 1 heterocycles. The molecule has 1 aliphatic carbocycles. The fraction of sp³-hybridized carbons (Fsp3) is 0.556. The lowest BCUT2D eigenvalue weighted by Crippen LogP contribution is -2.52. The number of amides is 1. The summed E-state index contributed by atoms with van der Waals surface area (Å²) in [7, 11) is 3.49. The Balaban J connectivity index is 0.00000225. The summed E-state index contributed by atoms with van der Waals surface area (Å²) in [6.45, 7) is 2.89. The van der Waals surface area contributed by atoms with Gasteiger partial charge in [-0.3, -0.25) is 9.79 Å². The van der Waals surface area contributed by atoms with Gasteiger partial charge in [0.25, 0.3) is 0 Å². The van der Waals surface area contributed by atoms with Crippen LogP contribution in [-0.4, -0.2) is 44.7 Å². The number of guanidine groups is 1. The van der Waals surface area contributed by atoms with Crippen molar-refractivity contribution in [2.75, 3.05) is 20.7 Å². The van der Waals surface area contributed by atoms with E-state index in [9.17, 15) is 4.79 Å². The fourth-order valence-corrected chi connectivity index (χ4v) is 3.37. The van der Waals surface area contributed by atoms with Crippen LogP contribution in [0.3, 0.4) is 0 Å². The molecule has 0 bridgehead atoms. The average Bonchev–Trinajstić information content (AvgIpc) is 3.27. The molecule has 1 aromatic rings. The molecule has 0 aromatic heterocycles. The van der Waals surface area contributed by atoms with Gasteiger partial charge in [-0.25, -0.2) is 0 Å². The van der Waals surface area contributed by atoms with E-state index < -0.39 is 0 Å². The summed E-state index contributed by atoms with van der Waals surface area (Å²) >= 11 is 0.